The van der Waals surface area contributed by atoms with Gasteiger partial charge in [-0.2, -0.15) is 0 Å². The van der Waals surface area contributed by atoms with Crippen LogP contribution in [0.5, 0.6) is 0 Å². The molecule has 0 aliphatic carbocycles. The van der Waals surface area contributed by atoms with E-state index in [1.165, 1.54) is 25.7 Å². The zero-order chi connectivity index (χ0) is 20.2. The van der Waals surface area contributed by atoms with E-state index in [-0.39, 0.29) is 11.8 Å². The van der Waals surface area contributed by atoms with Gasteiger partial charge in [0.2, 0.25) is 5.91 Å². The third-order valence-electron chi connectivity index (χ3n) is 4.00. The summed E-state index contributed by atoms with van der Waals surface area (Å²) in [7, 11) is 0. The van der Waals surface area contributed by atoms with Crippen molar-refractivity contribution < 1.29 is 14.3 Å². The Morgan fingerprint density at radius 2 is 1.54 bits per heavy atom. The minimum atomic E-state index is -0.593. The van der Waals surface area contributed by atoms with Crippen molar-refractivity contribution in [3.63, 3.8) is 0 Å². The summed E-state index contributed by atoms with van der Waals surface area (Å²) in [6.45, 7) is 17.2. The lowest BCUT2D eigenvalue weighted by atomic mass is 10.0. The molecule has 0 aliphatic rings. The quantitative estimate of drug-likeness (QED) is 0.550. The number of rotatable bonds is 12. The highest BCUT2D eigenvalue weighted by atomic mass is 16.6. The molecule has 1 atom stereocenters. The predicted octanol–water partition coefficient (Wildman–Crippen LogP) is 3.55. The lowest BCUT2D eigenvalue weighted by molar-refractivity contribution is -0.124. The van der Waals surface area contributed by atoms with Crippen LogP contribution in [0.25, 0.3) is 0 Å². The van der Waals surface area contributed by atoms with Crippen molar-refractivity contribution in [2.75, 3.05) is 26.2 Å². The van der Waals surface area contributed by atoms with Crippen molar-refractivity contribution in [3.8, 4) is 0 Å². The van der Waals surface area contributed by atoms with Crippen molar-refractivity contribution in [2.24, 2.45) is 5.92 Å². The summed E-state index contributed by atoms with van der Waals surface area (Å²) in [4.78, 5) is 26.9. The van der Waals surface area contributed by atoms with Crippen LogP contribution in [-0.2, 0) is 9.53 Å². The van der Waals surface area contributed by atoms with E-state index in [1.54, 1.807) is 20.8 Å². The van der Waals surface area contributed by atoms with Crippen LogP contribution in [0.15, 0.2) is 0 Å². The van der Waals surface area contributed by atoms with Gasteiger partial charge >= 0.3 is 6.09 Å². The van der Waals surface area contributed by atoms with Crippen LogP contribution in [0.4, 0.5) is 4.79 Å². The van der Waals surface area contributed by atoms with Gasteiger partial charge in [-0.3, -0.25) is 4.79 Å². The van der Waals surface area contributed by atoms with E-state index in [4.69, 9.17) is 4.74 Å². The summed E-state index contributed by atoms with van der Waals surface area (Å²) in [6.07, 6.45) is 4.13. The molecule has 2 amide bonds. The highest BCUT2D eigenvalue weighted by molar-refractivity contribution is 5.85. The molecule has 0 bridgehead atoms. The van der Waals surface area contributed by atoms with E-state index in [2.05, 4.69) is 29.4 Å². The number of nitrogens with one attached hydrogen (secondary N) is 2. The summed E-state index contributed by atoms with van der Waals surface area (Å²) in [5.74, 6) is -0.171. The van der Waals surface area contributed by atoms with E-state index < -0.39 is 17.7 Å². The molecule has 2 N–H and O–H groups in total. The third kappa shape index (κ3) is 12.1. The Bertz CT molecular complexity index is 398. The van der Waals surface area contributed by atoms with Crippen LogP contribution < -0.4 is 10.6 Å². The number of ether oxygens (including phenoxy) is 1. The lowest BCUT2D eigenvalue weighted by Crippen LogP contribution is -2.51. The van der Waals surface area contributed by atoms with E-state index >= 15 is 0 Å². The zero-order valence-electron chi connectivity index (χ0n) is 18.0. The Kier molecular flexibility index (Phi) is 12.3. The van der Waals surface area contributed by atoms with Gasteiger partial charge in [-0.1, -0.05) is 40.5 Å². The molecule has 0 fully saturated rings. The van der Waals surface area contributed by atoms with Crippen LogP contribution in [0.2, 0.25) is 0 Å². The van der Waals surface area contributed by atoms with Crippen LogP contribution in [-0.4, -0.2) is 54.7 Å². The van der Waals surface area contributed by atoms with E-state index in [0.29, 0.717) is 6.54 Å². The van der Waals surface area contributed by atoms with Gasteiger partial charge in [0.1, 0.15) is 11.6 Å². The number of carbonyl (C=O) groups excluding carboxylic acids is 2. The Labute approximate surface area is 160 Å². The summed E-state index contributed by atoms with van der Waals surface area (Å²) < 4.78 is 5.26. The average Bonchev–Trinajstić information content (AvgIpc) is 2.52. The molecule has 6 nitrogen and oxygen atoms in total. The largest absolute Gasteiger partial charge is 0.444 e. The standard InChI is InChI=1S/C20H41N3O3/c1-8-10-13-23(14-11-9-2)15-12-21-18(24)17(16(3)4)22-19(25)26-20(5,6)7/h16-17H,8-15H2,1-7H3,(H,21,24)(H,22,25)/t17-/m0/s1. The van der Waals surface area contributed by atoms with Crippen molar-refractivity contribution in [1.82, 2.24) is 15.5 Å². The highest BCUT2D eigenvalue weighted by Gasteiger charge is 2.26. The predicted molar refractivity (Wildman–Crippen MR) is 107 cm³/mol. The van der Waals surface area contributed by atoms with Gasteiger partial charge in [0.15, 0.2) is 0 Å². The van der Waals surface area contributed by atoms with E-state index in [9.17, 15) is 9.59 Å². The second-order valence-corrected chi connectivity index (χ2v) is 8.21. The molecule has 6 heteroatoms. The molecule has 26 heavy (non-hydrogen) atoms. The molecular weight excluding hydrogens is 330 g/mol. The number of carbonyl (C=O) groups is 2. The average molecular weight is 372 g/mol. The van der Waals surface area contributed by atoms with Crippen molar-refractivity contribution in [1.29, 1.82) is 0 Å². The van der Waals surface area contributed by atoms with E-state index in [1.807, 2.05) is 13.8 Å². The fourth-order valence-electron chi connectivity index (χ4n) is 2.52. The van der Waals surface area contributed by atoms with Gasteiger partial charge in [-0.15, -0.1) is 0 Å². The number of alkyl carbamates (subject to hydrolysis) is 1. The van der Waals surface area contributed by atoms with Gasteiger partial charge in [0.25, 0.3) is 0 Å². The molecule has 0 aliphatic heterocycles. The maximum Gasteiger partial charge on any atom is 0.408 e. The maximum atomic E-state index is 12.5. The van der Waals surface area contributed by atoms with Gasteiger partial charge in [0, 0.05) is 13.1 Å². The van der Waals surface area contributed by atoms with Crippen molar-refractivity contribution >= 4 is 12.0 Å². The molecule has 0 saturated carbocycles. The smallest absolute Gasteiger partial charge is 0.408 e. The molecule has 0 unspecified atom stereocenters. The number of nitrogens with zero attached hydrogens (tertiary/aromatic N) is 1. The Hall–Kier alpha value is -1.30. The number of amides is 2. The van der Waals surface area contributed by atoms with Gasteiger partial charge in [-0.05, 0) is 52.6 Å². The van der Waals surface area contributed by atoms with Crippen LogP contribution >= 0.6 is 0 Å². The van der Waals surface area contributed by atoms with Gasteiger partial charge in [-0.25, -0.2) is 4.79 Å². The number of hydrogen-bond acceptors (Lipinski definition) is 4. The molecular formula is C20H41N3O3. The fourth-order valence-corrected chi connectivity index (χ4v) is 2.52. The first kappa shape index (κ1) is 24.7. The zero-order valence-corrected chi connectivity index (χ0v) is 18.0. The molecule has 0 rings (SSSR count). The summed E-state index contributed by atoms with van der Waals surface area (Å²) >= 11 is 0. The molecule has 0 aromatic heterocycles. The third-order valence-corrected chi connectivity index (χ3v) is 4.00. The minimum Gasteiger partial charge on any atom is -0.444 e. The molecule has 0 radical (unpaired) electrons. The molecule has 154 valence electrons. The van der Waals surface area contributed by atoms with Gasteiger partial charge < -0.3 is 20.3 Å². The van der Waals surface area contributed by atoms with Crippen molar-refractivity contribution in [2.45, 2.75) is 85.8 Å². The first-order valence-electron chi connectivity index (χ1n) is 10.1. The van der Waals surface area contributed by atoms with Crippen molar-refractivity contribution in [3.05, 3.63) is 0 Å². The molecule has 0 heterocycles. The number of unbranched alkanes of at least 4 members (excludes halogenated alkanes) is 2. The fraction of sp³-hybridized carbons (Fsp3) is 0.900. The van der Waals surface area contributed by atoms with Gasteiger partial charge in [0.05, 0.1) is 0 Å². The highest BCUT2D eigenvalue weighted by Crippen LogP contribution is 2.09. The second kappa shape index (κ2) is 13.0. The molecule has 0 aromatic carbocycles. The molecule has 0 aromatic rings. The van der Waals surface area contributed by atoms with Crippen LogP contribution in [0.1, 0.15) is 74.1 Å². The summed E-state index contributed by atoms with van der Waals surface area (Å²) in [6, 6.07) is -0.593. The van der Waals surface area contributed by atoms with Crippen LogP contribution in [0, 0.1) is 5.92 Å². The Balaban J connectivity index is 4.49. The van der Waals surface area contributed by atoms with E-state index in [0.717, 1.165) is 19.6 Å². The SMILES string of the molecule is CCCCN(CCCC)CCNC(=O)[C@@H](NC(=O)OC(C)(C)C)C(C)C. The molecule has 0 spiro atoms. The first-order valence-corrected chi connectivity index (χ1v) is 10.1. The number of hydrogen-bond donors (Lipinski definition) is 2. The topological polar surface area (TPSA) is 70.7 Å². The molecule has 0 saturated heterocycles. The Morgan fingerprint density at radius 1 is 1.00 bits per heavy atom. The maximum absolute atomic E-state index is 12.5. The monoisotopic (exact) mass is 371 g/mol. The summed E-state index contributed by atoms with van der Waals surface area (Å²) in [5, 5.41) is 5.66. The van der Waals surface area contributed by atoms with Crippen LogP contribution in [0.3, 0.4) is 0 Å². The lowest BCUT2D eigenvalue weighted by Gasteiger charge is -2.26. The summed E-state index contributed by atoms with van der Waals surface area (Å²) in [5.41, 5.74) is -0.582. The first-order chi connectivity index (χ1) is 12.1. The second-order valence-electron chi connectivity index (χ2n) is 8.21. The normalized spacial score (nSPS) is 13.0. The Morgan fingerprint density at radius 3 is 1.96 bits per heavy atom. The minimum absolute atomic E-state index is 0.0150.